The fraction of sp³-hybridized carbons (Fsp3) is 0.562. The zero-order valence-corrected chi connectivity index (χ0v) is 11.1. The minimum absolute atomic E-state index is 0.146. The maximum absolute atomic E-state index is 11.6. The van der Waals surface area contributed by atoms with E-state index < -0.39 is 0 Å². The van der Waals surface area contributed by atoms with Gasteiger partial charge in [0.2, 0.25) is 0 Å². The third kappa shape index (κ3) is 1.94. The van der Waals surface area contributed by atoms with Crippen molar-refractivity contribution in [1.29, 1.82) is 0 Å². The molecule has 3 aliphatic carbocycles. The predicted octanol–water partition coefficient (Wildman–Crippen LogP) is 3.26. The van der Waals surface area contributed by atoms with E-state index in [9.17, 15) is 4.79 Å². The molecule has 0 saturated carbocycles. The fourth-order valence-electron chi connectivity index (χ4n) is 3.60. The lowest BCUT2D eigenvalue weighted by Crippen LogP contribution is -2.10. The second-order valence-electron chi connectivity index (χ2n) is 5.87. The maximum Gasteiger partial charge on any atom is 0.334 e. The number of hydrogen-bond acceptors (Lipinski definition) is 2. The van der Waals surface area contributed by atoms with Gasteiger partial charge >= 0.3 is 5.97 Å². The topological polar surface area (TPSA) is 26.3 Å². The van der Waals surface area contributed by atoms with E-state index in [1.807, 2.05) is 0 Å². The normalized spacial score (nSPS) is 36.8. The summed E-state index contributed by atoms with van der Waals surface area (Å²) in [6.45, 7) is 2.28. The van der Waals surface area contributed by atoms with Gasteiger partial charge < -0.3 is 4.74 Å². The molecule has 2 heteroatoms. The number of rotatable bonds is 3. The summed E-state index contributed by atoms with van der Waals surface area (Å²) in [5.74, 6) is 2.11. The Morgan fingerprint density at radius 3 is 2.67 bits per heavy atom. The maximum atomic E-state index is 11.6. The van der Waals surface area contributed by atoms with Gasteiger partial charge in [-0.1, -0.05) is 36.8 Å². The molecule has 0 saturated heterocycles. The summed E-state index contributed by atoms with van der Waals surface area (Å²) in [6.07, 6.45) is 12.7. The zero-order valence-electron chi connectivity index (χ0n) is 11.1. The Morgan fingerprint density at radius 2 is 2.11 bits per heavy atom. The monoisotopic (exact) mass is 244 g/mol. The van der Waals surface area contributed by atoms with E-state index in [2.05, 4.69) is 31.2 Å². The molecule has 0 heterocycles. The highest BCUT2D eigenvalue weighted by Crippen LogP contribution is 2.46. The third-order valence-corrected chi connectivity index (χ3v) is 4.48. The Bertz CT molecular complexity index is 456. The predicted molar refractivity (Wildman–Crippen MR) is 70.8 cm³/mol. The lowest BCUT2D eigenvalue weighted by atomic mass is 9.90. The molecule has 0 aromatic heterocycles. The van der Waals surface area contributed by atoms with Crippen LogP contribution in [0.1, 0.15) is 26.2 Å². The molecular formula is C16H20O2. The van der Waals surface area contributed by atoms with Gasteiger partial charge in [-0.2, -0.15) is 0 Å². The molecule has 0 fully saturated rings. The van der Waals surface area contributed by atoms with Crippen molar-refractivity contribution >= 4 is 5.97 Å². The van der Waals surface area contributed by atoms with Crippen LogP contribution >= 0.6 is 0 Å². The first-order valence-corrected chi connectivity index (χ1v) is 6.86. The molecule has 4 unspecified atom stereocenters. The second kappa shape index (κ2) is 4.42. The van der Waals surface area contributed by atoms with Crippen molar-refractivity contribution in [3.05, 3.63) is 35.5 Å². The molecule has 2 bridgehead atoms. The average Bonchev–Trinajstić information content (AvgIpc) is 3.04. The van der Waals surface area contributed by atoms with Gasteiger partial charge in [-0.3, -0.25) is 0 Å². The molecule has 0 aromatic carbocycles. The van der Waals surface area contributed by atoms with E-state index in [1.165, 1.54) is 25.5 Å². The molecule has 0 N–H and O–H groups in total. The number of carbonyl (C=O) groups excluding carboxylic acids is 1. The van der Waals surface area contributed by atoms with Gasteiger partial charge in [-0.25, -0.2) is 4.79 Å². The summed E-state index contributed by atoms with van der Waals surface area (Å²) in [6, 6.07) is 0. The Balaban J connectivity index is 1.64. The highest BCUT2D eigenvalue weighted by atomic mass is 16.5. The highest BCUT2D eigenvalue weighted by molar-refractivity contribution is 5.90. The fourth-order valence-corrected chi connectivity index (χ4v) is 3.60. The average molecular weight is 244 g/mol. The second-order valence-corrected chi connectivity index (χ2v) is 5.87. The van der Waals surface area contributed by atoms with E-state index in [0.717, 1.165) is 17.9 Å². The molecule has 4 atom stereocenters. The summed E-state index contributed by atoms with van der Waals surface area (Å²) in [5, 5.41) is 0. The quantitative estimate of drug-likeness (QED) is 0.562. The van der Waals surface area contributed by atoms with Gasteiger partial charge in [-0.15, -0.1) is 0 Å². The Morgan fingerprint density at radius 1 is 1.28 bits per heavy atom. The lowest BCUT2D eigenvalue weighted by Gasteiger charge is -2.16. The number of allylic oxidation sites excluding steroid dienone is 5. The number of hydrogen-bond donors (Lipinski definition) is 0. The minimum Gasteiger partial charge on any atom is -0.466 e. The van der Waals surface area contributed by atoms with Crippen molar-refractivity contribution < 1.29 is 9.53 Å². The van der Waals surface area contributed by atoms with Crippen molar-refractivity contribution in [2.24, 2.45) is 23.7 Å². The number of fused-ring (bicyclic) bond motifs is 2. The van der Waals surface area contributed by atoms with Crippen LogP contribution in [0.2, 0.25) is 0 Å². The van der Waals surface area contributed by atoms with Gasteiger partial charge in [0.15, 0.2) is 0 Å². The van der Waals surface area contributed by atoms with Crippen molar-refractivity contribution in [2.75, 3.05) is 7.11 Å². The van der Waals surface area contributed by atoms with Crippen molar-refractivity contribution in [2.45, 2.75) is 26.2 Å². The van der Waals surface area contributed by atoms with Gasteiger partial charge in [0.05, 0.1) is 7.11 Å². The van der Waals surface area contributed by atoms with Crippen LogP contribution in [0.25, 0.3) is 0 Å². The van der Waals surface area contributed by atoms with Crippen LogP contribution < -0.4 is 0 Å². The van der Waals surface area contributed by atoms with Gasteiger partial charge in [0.1, 0.15) is 0 Å². The standard InChI is InChI=1S/C16H20O2/c1-10-3-4-11(5-10)6-12-7-14-8-13(12)9-15(14)16(17)18-2/h3-4,7,9-11,13-14H,5-6,8H2,1-2H3. The first-order valence-electron chi connectivity index (χ1n) is 6.86. The van der Waals surface area contributed by atoms with Crippen LogP contribution in [0.3, 0.4) is 0 Å². The van der Waals surface area contributed by atoms with E-state index in [-0.39, 0.29) is 5.97 Å². The summed E-state index contributed by atoms with van der Waals surface area (Å²) in [7, 11) is 1.46. The van der Waals surface area contributed by atoms with Crippen molar-refractivity contribution in [3.63, 3.8) is 0 Å². The van der Waals surface area contributed by atoms with E-state index >= 15 is 0 Å². The Hall–Kier alpha value is -1.31. The Labute approximate surface area is 108 Å². The lowest BCUT2D eigenvalue weighted by molar-refractivity contribution is -0.136. The summed E-state index contributed by atoms with van der Waals surface area (Å²) in [4.78, 5) is 11.6. The SMILES string of the molecule is COC(=O)C1=CC2CC1C=C2CC1C=CC(C)C1. The molecule has 0 radical (unpaired) electrons. The molecule has 0 aromatic rings. The molecule has 0 spiro atoms. The number of esters is 1. The van der Waals surface area contributed by atoms with Crippen LogP contribution in [0.4, 0.5) is 0 Å². The molecule has 2 nitrogen and oxygen atoms in total. The summed E-state index contributed by atoms with van der Waals surface area (Å²) in [5.41, 5.74) is 2.41. The molecular weight excluding hydrogens is 224 g/mol. The number of carbonyl (C=O) groups is 1. The van der Waals surface area contributed by atoms with Crippen LogP contribution in [-0.2, 0) is 9.53 Å². The zero-order chi connectivity index (χ0) is 12.7. The minimum atomic E-state index is -0.146. The molecule has 0 amide bonds. The van der Waals surface area contributed by atoms with Crippen LogP contribution in [0.15, 0.2) is 35.5 Å². The molecule has 0 aliphatic heterocycles. The molecule has 18 heavy (non-hydrogen) atoms. The van der Waals surface area contributed by atoms with Crippen LogP contribution in [0.5, 0.6) is 0 Å². The van der Waals surface area contributed by atoms with Gasteiger partial charge in [-0.05, 0) is 37.0 Å². The van der Waals surface area contributed by atoms with Gasteiger partial charge in [0.25, 0.3) is 0 Å². The van der Waals surface area contributed by atoms with E-state index in [0.29, 0.717) is 17.8 Å². The molecule has 3 aliphatic rings. The van der Waals surface area contributed by atoms with E-state index in [4.69, 9.17) is 4.74 Å². The van der Waals surface area contributed by atoms with E-state index in [1.54, 1.807) is 0 Å². The highest BCUT2D eigenvalue weighted by Gasteiger charge is 2.37. The Kier molecular flexibility index (Phi) is 2.89. The van der Waals surface area contributed by atoms with Gasteiger partial charge in [0, 0.05) is 11.5 Å². The molecule has 3 rings (SSSR count). The first-order chi connectivity index (χ1) is 8.67. The third-order valence-electron chi connectivity index (χ3n) is 4.48. The van der Waals surface area contributed by atoms with Crippen LogP contribution in [-0.4, -0.2) is 13.1 Å². The van der Waals surface area contributed by atoms with Crippen molar-refractivity contribution in [1.82, 2.24) is 0 Å². The van der Waals surface area contributed by atoms with Crippen molar-refractivity contribution in [3.8, 4) is 0 Å². The smallest absolute Gasteiger partial charge is 0.334 e. The summed E-state index contributed by atoms with van der Waals surface area (Å²) >= 11 is 0. The number of ether oxygens (including phenoxy) is 1. The van der Waals surface area contributed by atoms with Crippen LogP contribution in [0, 0.1) is 23.7 Å². The first kappa shape index (κ1) is 11.8. The number of methoxy groups -OCH3 is 1. The molecule has 96 valence electrons. The summed E-state index contributed by atoms with van der Waals surface area (Å²) < 4.78 is 4.82. The largest absolute Gasteiger partial charge is 0.466 e.